The Morgan fingerprint density at radius 1 is 1.28 bits per heavy atom. The third kappa shape index (κ3) is 4.64. The number of aromatic nitrogens is 2. The number of ether oxygens (including phenoxy) is 1. The minimum absolute atomic E-state index is 0.0764. The highest BCUT2D eigenvalue weighted by atomic mass is 79.9. The van der Waals surface area contributed by atoms with E-state index in [1.807, 2.05) is 59.3 Å². The molecule has 1 aromatic heterocycles. The van der Waals surface area contributed by atoms with Gasteiger partial charge in [-0.1, -0.05) is 33.8 Å². The van der Waals surface area contributed by atoms with Crippen molar-refractivity contribution in [3.05, 3.63) is 65.4 Å². The number of amides is 1. The molecule has 0 fully saturated rings. The van der Waals surface area contributed by atoms with Crippen molar-refractivity contribution in [2.24, 2.45) is 0 Å². The number of thioether (sulfide) groups is 1. The molecule has 0 saturated heterocycles. The number of hydrogen-bond acceptors (Lipinski definition) is 4. The van der Waals surface area contributed by atoms with Crippen LogP contribution in [0.2, 0.25) is 0 Å². The van der Waals surface area contributed by atoms with Crippen LogP contribution in [0.15, 0.2) is 70.6 Å². The van der Waals surface area contributed by atoms with Gasteiger partial charge in [-0.2, -0.15) is 0 Å². The third-order valence-corrected chi connectivity index (χ3v) is 4.89. The molecular formula is C18H16BrN3O2S. The molecule has 0 aliphatic heterocycles. The van der Waals surface area contributed by atoms with E-state index in [2.05, 4.69) is 26.2 Å². The number of benzene rings is 2. The Morgan fingerprint density at radius 3 is 2.84 bits per heavy atom. The maximum Gasteiger partial charge on any atom is 0.234 e. The second-order valence-electron chi connectivity index (χ2n) is 5.13. The fourth-order valence-corrected chi connectivity index (χ4v) is 3.25. The van der Waals surface area contributed by atoms with Gasteiger partial charge in [0.25, 0.3) is 0 Å². The summed E-state index contributed by atoms with van der Waals surface area (Å²) in [5.41, 5.74) is 1.71. The highest BCUT2D eigenvalue weighted by Gasteiger charge is 2.10. The molecule has 0 unspecified atom stereocenters. The summed E-state index contributed by atoms with van der Waals surface area (Å²) in [5.74, 6) is 0.972. The van der Waals surface area contributed by atoms with Gasteiger partial charge < -0.3 is 10.1 Å². The minimum atomic E-state index is -0.0764. The largest absolute Gasteiger partial charge is 0.497 e. The number of rotatable bonds is 6. The first-order valence-corrected chi connectivity index (χ1v) is 9.29. The summed E-state index contributed by atoms with van der Waals surface area (Å²) in [6.07, 6.45) is 3.58. The molecule has 0 spiro atoms. The van der Waals surface area contributed by atoms with Crippen LogP contribution in [0.5, 0.6) is 5.75 Å². The molecule has 0 atom stereocenters. The fourth-order valence-electron chi connectivity index (χ4n) is 2.21. The second kappa shape index (κ2) is 8.22. The first-order chi connectivity index (χ1) is 12.2. The van der Waals surface area contributed by atoms with Crippen LogP contribution in [0.25, 0.3) is 5.69 Å². The molecular weight excluding hydrogens is 402 g/mol. The van der Waals surface area contributed by atoms with E-state index in [1.165, 1.54) is 11.8 Å². The van der Waals surface area contributed by atoms with Gasteiger partial charge in [0.05, 0.1) is 18.6 Å². The van der Waals surface area contributed by atoms with Gasteiger partial charge in [0.1, 0.15) is 5.75 Å². The van der Waals surface area contributed by atoms with Crippen LogP contribution in [-0.4, -0.2) is 28.3 Å². The number of halogens is 1. The first kappa shape index (κ1) is 17.6. The van der Waals surface area contributed by atoms with Gasteiger partial charge in [0.15, 0.2) is 5.16 Å². The average molecular weight is 418 g/mol. The van der Waals surface area contributed by atoms with E-state index in [0.29, 0.717) is 0 Å². The van der Waals surface area contributed by atoms with E-state index in [9.17, 15) is 4.79 Å². The van der Waals surface area contributed by atoms with Crippen molar-refractivity contribution in [2.75, 3.05) is 18.2 Å². The van der Waals surface area contributed by atoms with Gasteiger partial charge in [-0.15, -0.1) is 0 Å². The molecule has 0 aliphatic carbocycles. The Kier molecular flexibility index (Phi) is 5.78. The summed E-state index contributed by atoms with van der Waals surface area (Å²) in [6.45, 7) is 0. The standard InChI is InChI=1S/C18H16BrN3O2S/c1-24-16-4-2-3-15(11-16)22-10-9-20-18(22)25-12-17(23)21-14-7-5-13(19)6-8-14/h2-11H,12H2,1H3,(H,21,23). The fraction of sp³-hybridized carbons (Fsp3) is 0.111. The summed E-state index contributed by atoms with van der Waals surface area (Å²) in [5, 5.41) is 3.62. The smallest absolute Gasteiger partial charge is 0.234 e. The van der Waals surface area contributed by atoms with Crippen LogP contribution in [0.1, 0.15) is 0 Å². The van der Waals surface area contributed by atoms with Crippen LogP contribution < -0.4 is 10.1 Å². The minimum Gasteiger partial charge on any atom is -0.497 e. The zero-order valence-electron chi connectivity index (χ0n) is 13.5. The number of nitrogens with zero attached hydrogens (tertiary/aromatic N) is 2. The van der Waals surface area contributed by atoms with Gasteiger partial charge in [-0.25, -0.2) is 4.98 Å². The molecule has 0 bridgehead atoms. The Hall–Kier alpha value is -2.25. The molecule has 1 N–H and O–H groups in total. The number of anilines is 1. The average Bonchev–Trinajstić information content (AvgIpc) is 3.10. The maximum absolute atomic E-state index is 12.1. The first-order valence-electron chi connectivity index (χ1n) is 7.52. The molecule has 7 heteroatoms. The number of imidazole rings is 1. The van der Waals surface area contributed by atoms with Gasteiger partial charge in [0, 0.05) is 28.6 Å². The number of methoxy groups -OCH3 is 1. The lowest BCUT2D eigenvalue weighted by Crippen LogP contribution is -2.14. The Bertz CT molecular complexity index is 865. The molecule has 2 aromatic carbocycles. The van der Waals surface area contributed by atoms with E-state index >= 15 is 0 Å². The highest BCUT2D eigenvalue weighted by molar-refractivity contribution is 9.10. The number of nitrogens with one attached hydrogen (secondary N) is 1. The molecule has 3 rings (SSSR count). The predicted octanol–water partition coefficient (Wildman–Crippen LogP) is 4.37. The zero-order valence-corrected chi connectivity index (χ0v) is 15.9. The summed E-state index contributed by atoms with van der Waals surface area (Å²) < 4.78 is 8.16. The molecule has 0 aliphatic rings. The van der Waals surface area contributed by atoms with E-state index in [-0.39, 0.29) is 11.7 Å². The van der Waals surface area contributed by atoms with Crippen molar-refractivity contribution in [3.8, 4) is 11.4 Å². The Balaban J connectivity index is 1.65. The molecule has 5 nitrogen and oxygen atoms in total. The molecule has 3 aromatic rings. The lowest BCUT2D eigenvalue weighted by molar-refractivity contribution is -0.113. The van der Waals surface area contributed by atoms with Gasteiger partial charge >= 0.3 is 0 Å². The maximum atomic E-state index is 12.1. The number of hydrogen-bond donors (Lipinski definition) is 1. The van der Waals surface area contributed by atoms with Crippen molar-refractivity contribution in [2.45, 2.75) is 5.16 Å². The predicted molar refractivity (Wildman–Crippen MR) is 104 cm³/mol. The molecule has 1 heterocycles. The van der Waals surface area contributed by atoms with Gasteiger partial charge in [0.2, 0.25) is 5.91 Å². The van der Waals surface area contributed by atoms with Crippen molar-refractivity contribution >= 4 is 39.3 Å². The van der Waals surface area contributed by atoms with E-state index in [4.69, 9.17) is 4.74 Å². The summed E-state index contributed by atoms with van der Waals surface area (Å²) in [4.78, 5) is 16.5. The van der Waals surface area contributed by atoms with Gasteiger partial charge in [-0.3, -0.25) is 9.36 Å². The lowest BCUT2D eigenvalue weighted by atomic mass is 10.3. The zero-order chi connectivity index (χ0) is 17.6. The lowest BCUT2D eigenvalue weighted by Gasteiger charge is -2.09. The van der Waals surface area contributed by atoms with Crippen molar-refractivity contribution in [3.63, 3.8) is 0 Å². The third-order valence-electron chi connectivity index (χ3n) is 3.40. The van der Waals surface area contributed by atoms with Crippen LogP contribution in [0, 0.1) is 0 Å². The van der Waals surface area contributed by atoms with Crippen molar-refractivity contribution in [1.82, 2.24) is 9.55 Å². The number of carbonyl (C=O) groups is 1. The van der Waals surface area contributed by atoms with Crippen molar-refractivity contribution in [1.29, 1.82) is 0 Å². The monoisotopic (exact) mass is 417 g/mol. The molecule has 0 radical (unpaired) electrons. The molecule has 25 heavy (non-hydrogen) atoms. The summed E-state index contributed by atoms with van der Waals surface area (Å²) in [6, 6.07) is 15.2. The summed E-state index contributed by atoms with van der Waals surface area (Å²) >= 11 is 4.75. The summed E-state index contributed by atoms with van der Waals surface area (Å²) in [7, 11) is 1.63. The molecule has 1 amide bonds. The van der Waals surface area contributed by atoms with Crippen LogP contribution >= 0.6 is 27.7 Å². The van der Waals surface area contributed by atoms with Crippen LogP contribution in [0.3, 0.4) is 0 Å². The van der Waals surface area contributed by atoms with E-state index in [0.717, 1.165) is 26.8 Å². The van der Waals surface area contributed by atoms with Crippen molar-refractivity contribution < 1.29 is 9.53 Å². The van der Waals surface area contributed by atoms with Gasteiger partial charge in [-0.05, 0) is 36.4 Å². The topological polar surface area (TPSA) is 56.2 Å². The molecule has 0 saturated carbocycles. The number of carbonyl (C=O) groups excluding carboxylic acids is 1. The highest BCUT2D eigenvalue weighted by Crippen LogP contribution is 2.23. The van der Waals surface area contributed by atoms with E-state index < -0.39 is 0 Å². The Labute approximate surface area is 158 Å². The van der Waals surface area contributed by atoms with Crippen LogP contribution in [-0.2, 0) is 4.79 Å². The normalized spacial score (nSPS) is 10.5. The molecule has 128 valence electrons. The van der Waals surface area contributed by atoms with E-state index in [1.54, 1.807) is 13.3 Å². The SMILES string of the molecule is COc1cccc(-n2ccnc2SCC(=O)Nc2ccc(Br)cc2)c1. The second-order valence-corrected chi connectivity index (χ2v) is 6.98. The Morgan fingerprint density at radius 2 is 2.08 bits per heavy atom. The van der Waals surface area contributed by atoms with Crippen LogP contribution in [0.4, 0.5) is 5.69 Å². The quantitative estimate of drug-likeness (QED) is 0.604.